The van der Waals surface area contributed by atoms with E-state index in [1.165, 1.54) is 14.2 Å². The van der Waals surface area contributed by atoms with Crippen LogP contribution in [0.25, 0.3) is 44.2 Å². The van der Waals surface area contributed by atoms with Gasteiger partial charge < -0.3 is 49.3 Å². The molecule has 5 heterocycles. The monoisotopic (exact) mass is 876 g/mol. The van der Waals surface area contributed by atoms with Crippen LogP contribution in [0.15, 0.2) is 48.7 Å². The summed E-state index contributed by atoms with van der Waals surface area (Å²) in [4.78, 5) is 73.6. The fraction of sp³-hybridized carbons (Fsp3) is 0.500. The first-order valence-corrected chi connectivity index (χ1v) is 22.3. The number of hydrogen-bond acceptors (Lipinski definition) is 10. The molecule has 0 saturated carbocycles. The largest absolute Gasteiger partial charge is 0.488 e. The lowest BCUT2D eigenvalue weighted by Crippen LogP contribution is -2.55. The highest BCUT2D eigenvalue weighted by molar-refractivity contribution is 6.07. The van der Waals surface area contributed by atoms with Crippen LogP contribution in [-0.4, -0.2) is 106 Å². The molecule has 2 saturated heterocycles. The summed E-state index contributed by atoms with van der Waals surface area (Å²) in [5.74, 6) is 1.58. The Morgan fingerprint density at radius 1 is 0.938 bits per heavy atom. The van der Waals surface area contributed by atoms with Gasteiger partial charge >= 0.3 is 12.2 Å². The van der Waals surface area contributed by atoms with Gasteiger partial charge in [-0.2, -0.15) is 0 Å². The van der Waals surface area contributed by atoms with Gasteiger partial charge in [0.25, 0.3) is 0 Å². The topological polar surface area (TPSA) is 193 Å². The van der Waals surface area contributed by atoms with E-state index in [2.05, 4.69) is 57.0 Å². The van der Waals surface area contributed by atoms with Crippen LogP contribution < -0.4 is 15.4 Å². The molecule has 3 aliphatic heterocycles. The molecule has 7 atom stereocenters. The van der Waals surface area contributed by atoms with Crippen LogP contribution in [0.4, 0.5) is 9.59 Å². The molecule has 5 aromatic rings. The van der Waals surface area contributed by atoms with Crippen molar-refractivity contribution in [2.24, 2.45) is 17.8 Å². The Balaban J connectivity index is 1.07. The van der Waals surface area contributed by atoms with Gasteiger partial charge in [0.15, 0.2) is 0 Å². The number of methoxy groups -OCH3 is 3. The maximum Gasteiger partial charge on any atom is 0.407 e. The van der Waals surface area contributed by atoms with E-state index in [-0.39, 0.29) is 41.7 Å². The normalized spacial score (nSPS) is 21.9. The summed E-state index contributed by atoms with van der Waals surface area (Å²) >= 11 is 0. The van der Waals surface area contributed by atoms with Gasteiger partial charge in [0.2, 0.25) is 11.8 Å². The molecule has 4 N–H and O–H groups in total. The molecule has 0 spiro atoms. The molecule has 4 amide bonds. The SMILES string of the molecule is CC[C@H](C)C(NC(=O)OC)C(=O)N1C(c2ncc(-c3ccc4c(c3)COc3cc5c(ccc6[nH]c(C7(C)C[C@H](COC)CN7C(=O)[C@@H](NC(=O)OC)C(C)C)nc65)cc3-4)[nH]2)CC[C@@H]1C. The smallest absolute Gasteiger partial charge is 0.407 e. The zero-order valence-electron chi connectivity index (χ0n) is 38.2. The Bertz CT molecular complexity index is 2590. The van der Waals surface area contributed by atoms with Crippen LogP contribution in [0.1, 0.15) is 90.5 Å². The number of rotatable bonds is 12. The first-order valence-electron chi connectivity index (χ1n) is 22.3. The number of benzene rings is 3. The summed E-state index contributed by atoms with van der Waals surface area (Å²) in [6, 6.07) is 12.8. The number of nitrogens with one attached hydrogen (secondary N) is 4. The molecule has 340 valence electrons. The van der Waals surface area contributed by atoms with Crippen molar-refractivity contribution in [3.05, 3.63) is 65.9 Å². The van der Waals surface area contributed by atoms with Gasteiger partial charge in [-0.05, 0) is 91.3 Å². The lowest BCUT2D eigenvalue weighted by molar-refractivity contribution is -0.139. The summed E-state index contributed by atoms with van der Waals surface area (Å²) in [6.07, 6.45) is 3.45. The van der Waals surface area contributed by atoms with Crippen LogP contribution >= 0.6 is 0 Å². The molecule has 16 nitrogen and oxygen atoms in total. The minimum Gasteiger partial charge on any atom is -0.488 e. The molecule has 64 heavy (non-hydrogen) atoms. The Morgan fingerprint density at radius 2 is 1.69 bits per heavy atom. The molecule has 3 aliphatic rings. The number of likely N-dealkylation sites (tertiary alicyclic amines) is 2. The van der Waals surface area contributed by atoms with Gasteiger partial charge in [-0.3, -0.25) is 9.59 Å². The fourth-order valence-corrected chi connectivity index (χ4v) is 9.98. The van der Waals surface area contributed by atoms with Crippen molar-refractivity contribution in [1.82, 2.24) is 40.4 Å². The van der Waals surface area contributed by atoms with Crippen LogP contribution in [0.5, 0.6) is 5.75 Å². The number of fused-ring (bicyclic) bond motifs is 6. The number of amides is 4. The first-order chi connectivity index (χ1) is 30.7. The molecule has 16 heteroatoms. The number of aromatic nitrogens is 4. The van der Waals surface area contributed by atoms with Crippen molar-refractivity contribution in [2.75, 3.05) is 34.5 Å². The van der Waals surface area contributed by atoms with Gasteiger partial charge in [-0.15, -0.1) is 0 Å². The van der Waals surface area contributed by atoms with Gasteiger partial charge in [0.05, 0.1) is 55.3 Å². The first kappa shape index (κ1) is 44.4. The van der Waals surface area contributed by atoms with Crippen molar-refractivity contribution in [2.45, 2.75) is 104 Å². The molecule has 2 fully saturated rings. The van der Waals surface area contributed by atoms with E-state index in [9.17, 15) is 19.2 Å². The Morgan fingerprint density at radius 3 is 2.39 bits per heavy atom. The van der Waals surface area contributed by atoms with Crippen LogP contribution in [0.3, 0.4) is 0 Å². The molecule has 0 radical (unpaired) electrons. The Labute approximate surface area is 373 Å². The number of carbonyl (C=O) groups is 4. The summed E-state index contributed by atoms with van der Waals surface area (Å²) < 4.78 is 21.7. The van der Waals surface area contributed by atoms with Crippen LogP contribution in [0, 0.1) is 17.8 Å². The number of H-pyrrole nitrogens is 2. The van der Waals surface area contributed by atoms with E-state index >= 15 is 0 Å². The predicted molar refractivity (Wildman–Crippen MR) is 241 cm³/mol. The molecular formula is C48H60N8O8. The van der Waals surface area contributed by atoms with Crippen molar-refractivity contribution in [1.29, 1.82) is 0 Å². The minimum absolute atomic E-state index is 0.0217. The number of aromatic amines is 2. The second-order valence-electron chi connectivity index (χ2n) is 18.3. The summed E-state index contributed by atoms with van der Waals surface area (Å²) in [5.41, 5.74) is 5.68. The molecule has 0 aliphatic carbocycles. The number of alkyl carbamates (subject to hydrolysis) is 2. The number of carbonyl (C=O) groups excluding carboxylic acids is 4. The predicted octanol–water partition coefficient (Wildman–Crippen LogP) is 7.58. The van der Waals surface area contributed by atoms with Crippen molar-refractivity contribution in [3.63, 3.8) is 0 Å². The third-order valence-electron chi connectivity index (χ3n) is 13.7. The maximum absolute atomic E-state index is 14.3. The number of nitrogens with zero attached hydrogens (tertiary/aromatic N) is 4. The molecule has 2 aromatic heterocycles. The summed E-state index contributed by atoms with van der Waals surface area (Å²) in [6.45, 7) is 13.1. The molecule has 3 unspecified atom stereocenters. The van der Waals surface area contributed by atoms with E-state index in [1.807, 2.05) is 63.6 Å². The Kier molecular flexibility index (Phi) is 12.3. The average Bonchev–Trinajstić information content (AvgIpc) is 4.11. The number of imidazole rings is 2. The second kappa shape index (κ2) is 17.8. The van der Waals surface area contributed by atoms with E-state index in [0.29, 0.717) is 37.8 Å². The fourth-order valence-electron chi connectivity index (χ4n) is 9.98. The van der Waals surface area contributed by atoms with Gasteiger partial charge in [0, 0.05) is 36.6 Å². The zero-order valence-corrected chi connectivity index (χ0v) is 38.2. The van der Waals surface area contributed by atoms with Crippen molar-refractivity contribution < 1.29 is 38.1 Å². The molecule has 3 aromatic carbocycles. The van der Waals surface area contributed by atoms with E-state index in [4.69, 9.17) is 28.9 Å². The Hall–Kier alpha value is -6.16. The lowest BCUT2D eigenvalue weighted by atomic mass is 9.92. The highest BCUT2D eigenvalue weighted by Gasteiger charge is 2.50. The maximum atomic E-state index is 14.3. The molecule has 0 bridgehead atoms. The van der Waals surface area contributed by atoms with Crippen LogP contribution in [-0.2, 0) is 35.9 Å². The number of ether oxygens (including phenoxy) is 4. The number of hydrogen-bond donors (Lipinski definition) is 4. The lowest BCUT2D eigenvalue weighted by Gasteiger charge is -2.36. The van der Waals surface area contributed by atoms with E-state index in [1.54, 1.807) is 7.11 Å². The van der Waals surface area contributed by atoms with Gasteiger partial charge in [0.1, 0.15) is 36.1 Å². The third-order valence-corrected chi connectivity index (χ3v) is 13.7. The van der Waals surface area contributed by atoms with Crippen molar-refractivity contribution >= 4 is 45.8 Å². The van der Waals surface area contributed by atoms with E-state index in [0.717, 1.165) is 74.8 Å². The highest BCUT2D eigenvalue weighted by Crippen LogP contribution is 2.45. The summed E-state index contributed by atoms with van der Waals surface area (Å²) in [5, 5.41) is 7.45. The minimum atomic E-state index is -0.806. The standard InChI is InChI=1S/C48H60N8O8/c1-10-26(4)40(54-47(60)63-9)44(58)56-27(5)11-16-37(56)42-49-21-36(50-42)30-12-14-32-31(17-30)24-64-38-19-33-29(18-34(32)38)13-15-35-41(33)52-45(51-35)48(6)20-28(23-61-7)22-55(48)43(57)39(25(2)3)53-46(59)62-8/h12-15,17-19,21,25-28,37,39-40H,10-11,16,20,22-24H2,1-9H3,(H,49,50)(H,51,52)(H,53,59)(H,54,60)/t26-,27-,28-,37?,39-,40?,48?/m0/s1. The van der Waals surface area contributed by atoms with Crippen LogP contribution in [0.2, 0.25) is 0 Å². The third kappa shape index (κ3) is 8.01. The zero-order chi connectivity index (χ0) is 45.6. The van der Waals surface area contributed by atoms with Crippen molar-refractivity contribution in [3.8, 4) is 28.1 Å². The van der Waals surface area contributed by atoms with Gasteiger partial charge in [-0.1, -0.05) is 52.3 Å². The summed E-state index contributed by atoms with van der Waals surface area (Å²) in [7, 11) is 4.25. The second-order valence-corrected chi connectivity index (χ2v) is 18.3. The average molecular weight is 877 g/mol. The molecule has 8 rings (SSSR count). The quantitative estimate of drug-likeness (QED) is 0.0971. The van der Waals surface area contributed by atoms with E-state index < -0.39 is 29.8 Å². The van der Waals surface area contributed by atoms with Gasteiger partial charge in [-0.25, -0.2) is 19.6 Å². The highest BCUT2D eigenvalue weighted by atomic mass is 16.5. The molecular weight excluding hydrogens is 817 g/mol.